The van der Waals surface area contributed by atoms with Gasteiger partial charge in [-0.3, -0.25) is 4.90 Å². The molecule has 1 aromatic heterocycles. The van der Waals surface area contributed by atoms with Gasteiger partial charge in [-0.2, -0.15) is 0 Å². The molecular formula is C15H17ClN2. The predicted octanol–water partition coefficient (Wildman–Crippen LogP) is 3.68. The minimum absolute atomic E-state index is 0.552. The van der Waals surface area contributed by atoms with Gasteiger partial charge >= 0.3 is 0 Å². The third kappa shape index (κ3) is 3.83. The van der Waals surface area contributed by atoms with Crippen molar-refractivity contribution in [3.05, 3.63) is 64.4 Å². The first-order valence-corrected chi connectivity index (χ1v) is 6.36. The first-order valence-electron chi connectivity index (χ1n) is 5.98. The van der Waals surface area contributed by atoms with Crippen LogP contribution >= 0.6 is 11.6 Å². The first kappa shape index (κ1) is 13.1. The number of rotatable bonds is 4. The van der Waals surface area contributed by atoms with Gasteiger partial charge in [-0.05, 0) is 37.2 Å². The summed E-state index contributed by atoms with van der Waals surface area (Å²) in [5.41, 5.74) is 3.82. The molecule has 1 aromatic carbocycles. The fraction of sp³-hybridized carbons (Fsp3) is 0.267. The fourth-order valence-electron chi connectivity index (χ4n) is 2.03. The van der Waals surface area contributed by atoms with Gasteiger partial charge in [0.2, 0.25) is 0 Å². The number of hydrogen-bond donors (Lipinski definition) is 0. The normalized spacial score (nSPS) is 10.9. The third-order valence-corrected chi connectivity index (χ3v) is 2.99. The molecule has 0 fully saturated rings. The van der Waals surface area contributed by atoms with Gasteiger partial charge in [0.15, 0.2) is 0 Å². The highest BCUT2D eigenvalue weighted by molar-refractivity contribution is 6.29. The van der Waals surface area contributed by atoms with Gasteiger partial charge in [-0.15, -0.1) is 0 Å². The highest BCUT2D eigenvalue weighted by Gasteiger charge is 2.03. The fourth-order valence-corrected chi connectivity index (χ4v) is 2.23. The van der Waals surface area contributed by atoms with Gasteiger partial charge in [0.25, 0.3) is 0 Å². The number of benzene rings is 1. The molecule has 0 atom stereocenters. The average molecular weight is 261 g/mol. The second-order valence-electron chi connectivity index (χ2n) is 4.65. The molecule has 0 saturated carbocycles. The minimum atomic E-state index is 0.552. The zero-order chi connectivity index (χ0) is 13.0. The topological polar surface area (TPSA) is 16.1 Å². The molecule has 18 heavy (non-hydrogen) atoms. The van der Waals surface area contributed by atoms with Crippen LogP contribution in [0.15, 0.2) is 42.6 Å². The van der Waals surface area contributed by atoms with E-state index in [1.54, 1.807) is 6.20 Å². The lowest BCUT2D eigenvalue weighted by Crippen LogP contribution is -2.17. The van der Waals surface area contributed by atoms with E-state index in [-0.39, 0.29) is 0 Å². The van der Waals surface area contributed by atoms with E-state index < -0.39 is 0 Å². The molecule has 0 amide bonds. The lowest BCUT2D eigenvalue weighted by Gasteiger charge is -2.17. The smallest absolute Gasteiger partial charge is 0.129 e. The maximum Gasteiger partial charge on any atom is 0.129 e. The van der Waals surface area contributed by atoms with Crippen LogP contribution in [0.2, 0.25) is 5.15 Å². The number of hydrogen-bond acceptors (Lipinski definition) is 2. The summed E-state index contributed by atoms with van der Waals surface area (Å²) in [6.07, 6.45) is 1.75. The molecule has 2 aromatic rings. The van der Waals surface area contributed by atoms with Crippen molar-refractivity contribution >= 4 is 11.6 Å². The van der Waals surface area contributed by atoms with E-state index in [1.807, 2.05) is 12.1 Å². The Morgan fingerprint density at radius 1 is 1.11 bits per heavy atom. The highest BCUT2D eigenvalue weighted by atomic mass is 35.5. The Labute approximate surface area is 113 Å². The summed E-state index contributed by atoms with van der Waals surface area (Å²) in [6, 6.07) is 12.5. The Balaban J connectivity index is 1.98. The summed E-state index contributed by atoms with van der Waals surface area (Å²) in [7, 11) is 2.11. The average Bonchev–Trinajstić information content (AvgIpc) is 2.28. The predicted molar refractivity (Wildman–Crippen MR) is 75.6 cm³/mol. The molecule has 0 radical (unpaired) electrons. The molecule has 0 spiro atoms. The van der Waals surface area contributed by atoms with Crippen LogP contribution in [0.5, 0.6) is 0 Å². The summed E-state index contributed by atoms with van der Waals surface area (Å²) in [6.45, 7) is 3.92. The van der Waals surface area contributed by atoms with Crippen LogP contribution in [-0.2, 0) is 13.1 Å². The standard InChI is InChI=1S/C15H17ClN2/c1-12-4-3-5-13(8-12)10-18(2)11-14-6-7-17-15(16)9-14/h3-9H,10-11H2,1-2H3. The quantitative estimate of drug-likeness (QED) is 0.780. The molecule has 0 saturated heterocycles. The maximum absolute atomic E-state index is 5.88. The van der Waals surface area contributed by atoms with Gasteiger partial charge in [-0.1, -0.05) is 41.4 Å². The molecule has 0 aliphatic rings. The van der Waals surface area contributed by atoms with Crippen molar-refractivity contribution in [2.24, 2.45) is 0 Å². The maximum atomic E-state index is 5.88. The van der Waals surface area contributed by atoms with E-state index in [0.717, 1.165) is 13.1 Å². The molecule has 2 nitrogen and oxygen atoms in total. The number of aromatic nitrogens is 1. The number of nitrogens with zero attached hydrogens (tertiary/aromatic N) is 2. The first-order chi connectivity index (χ1) is 8.63. The van der Waals surface area contributed by atoms with E-state index in [4.69, 9.17) is 11.6 Å². The van der Waals surface area contributed by atoms with Gasteiger partial charge in [-0.25, -0.2) is 4.98 Å². The van der Waals surface area contributed by atoms with Crippen molar-refractivity contribution in [1.82, 2.24) is 9.88 Å². The Bertz CT molecular complexity index is 478. The van der Waals surface area contributed by atoms with Crippen molar-refractivity contribution < 1.29 is 0 Å². The van der Waals surface area contributed by atoms with Crippen LogP contribution in [0.4, 0.5) is 0 Å². The molecule has 3 heteroatoms. The molecule has 0 N–H and O–H groups in total. The Morgan fingerprint density at radius 3 is 2.50 bits per heavy atom. The minimum Gasteiger partial charge on any atom is -0.298 e. The van der Waals surface area contributed by atoms with E-state index in [9.17, 15) is 0 Å². The number of aryl methyl sites for hydroxylation is 1. The number of halogens is 1. The lowest BCUT2D eigenvalue weighted by molar-refractivity contribution is 0.319. The van der Waals surface area contributed by atoms with E-state index in [0.29, 0.717) is 5.15 Å². The van der Waals surface area contributed by atoms with Crippen molar-refractivity contribution in [2.75, 3.05) is 7.05 Å². The largest absolute Gasteiger partial charge is 0.298 e. The lowest BCUT2D eigenvalue weighted by atomic mass is 10.1. The molecule has 2 rings (SSSR count). The zero-order valence-corrected chi connectivity index (χ0v) is 11.5. The Hall–Kier alpha value is -1.38. The van der Waals surface area contributed by atoms with Gasteiger partial charge < -0.3 is 0 Å². The molecule has 0 bridgehead atoms. The second-order valence-corrected chi connectivity index (χ2v) is 5.04. The van der Waals surface area contributed by atoms with Crippen molar-refractivity contribution in [2.45, 2.75) is 20.0 Å². The van der Waals surface area contributed by atoms with Crippen LogP contribution in [0.1, 0.15) is 16.7 Å². The molecule has 1 heterocycles. The Kier molecular flexibility index (Phi) is 4.34. The van der Waals surface area contributed by atoms with Crippen LogP contribution in [0, 0.1) is 6.92 Å². The second kappa shape index (κ2) is 5.98. The van der Waals surface area contributed by atoms with Gasteiger partial charge in [0.1, 0.15) is 5.15 Å². The van der Waals surface area contributed by atoms with Crippen LogP contribution in [0.3, 0.4) is 0 Å². The molecule has 0 aliphatic heterocycles. The monoisotopic (exact) mass is 260 g/mol. The summed E-state index contributed by atoms with van der Waals surface area (Å²) in [4.78, 5) is 6.25. The highest BCUT2D eigenvalue weighted by Crippen LogP contribution is 2.12. The van der Waals surface area contributed by atoms with Crippen LogP contribution in [-0.4, -0.2) is 16.9 Å². The third-order valence-electron chi connectivity index (χ3n) is 2.78. The van der Waals surface area contributed by atoms with E-state index in [2.05, 4.69) is 48.1 Å². The van der Waals surface area contributed by atoms with Crippen molar-refractivity contribution in [1.29, 1.82) is 0 Å². The summed E-state index contributed by atoms with van der Waals surface area (Å²) >= 11 is 5.88. The molecule has 0 aliphatic carbocycles. The van der Waals surface area contributed by atoms with Gasteiger partial charge in [0, 0.05) is 19.3 Å². The van der Waals surface area contributed by atoms with Crippen LogP contribution in [0.25, 0.3) is 0 Å². The van der Waals surface area contributed by atoms with Gasteiger partial charge in [0.05, 0.1) is 0 Å². The SMILES string of the molecule is Cc1cccc(CN(C)Cc2ccnc(Cl)c2)c1. The molecular weight excluding hydrogens is 244 g/mol. The number of pyridine rings is 1. The van der Waals surface area contributed by atoms with E-state index >= 15 is 0 Å². The summed E-state index contributed by atoms with van der Waals surface area (Å²) in [5, 5.41) is 0.552. The molecule has 94 valence electrons. The summed E-state index contributed by atoms with van der Waals surface area (Å²) in [5.74, 6) is 0. The molecule has 0 unspecified atom stereocenters. The Morgan fingerprint density at radius 2 is 1.83 bits per heavy atom. The zero-order valence-electron chi connectivity index (χ0n) is 10.7. The van der Waals surface area contributed by atoms with E-state index in [1.165, 1.54) is 16.7 Å². The van der Waals surface area contributed by atoms with Crippen LogP contribution < -0.4 is 0 Å². The van der Waals surface area contributed by atoms with Crippen molar-refractivity contribution in [3.8, 4) is 0 Å². The summed E-state index contributed by atoms with van der Waals surface area (Å²) < 4.78 is 0. The van der Waals surface area contributed by atoms with Crippen molar-refractivity contribution in [3.63, 3.8) is 0 Å².